The largest absolute Gasteiger partial charge is 0.0847 e. The number of allylic oxidation sites excluding steroid dienone is 2. The van der Waals surface area contributed by atoms with Crippen molar-refractivity contribution in [3.63, 3.8) is 0 Å². The van der Waals surface area contributed by atoms with Gasteiger partial charge in [-0.1, -0.05) is 38.8 Å². The van der Waals surface area contributed by atoms with Gasteiger partial charge in [-0.25, -0.2) is 0 Å². The van der Waals surface area contributed by atoms with Gasteiger partial charge in [0.1, 0.15) is 0 Å². The van der Waals surface area contributed by atoms with Crippen molar-refractivity contribution >= 4 is 0 Å². The van der Waals surface area contributed by atoms with E-state index in [-0.39, 0.29) is 0 Å². The van der Waals surface area contributed by atoms with Crippen molar-refractivity contribution in [2.75, 3.05) is 0 Å². The molecule has 0 aliphatic heterocycles. The summed E-state index contributed by atoms with van der Waals surface area (Å²) in [6.07, 6.45) is 14.6. The van der Waals surface area contributed by atoms with Gasteiger partial charge in [0.05, 0.1) is 0 Å². The second-order valence-electron chi connectivity index (χ2n) is 9.53. The molecule has 5 atom stereocenters. The molecule has 2 bridgehead atoms. The summed E-state index contributed by atoms with van der Waals surface area (Å²) in [5, 5.41) is 0. The van der Waals surface area contributed by atoms with Gasteiger partial charge >= 0.3 is 0 Å². The molecule has 0 aromatic carbocycles. The zero-order valence-corrected chi connectivity index (χ0v) is 14.0. The maximum absolute atomic E-state index is 2.71. The lowest BCUT2D eigenvalue weighted by Crippen LogP contribution is -2.56. The molecule has 0 saturated heterocycles. The first-order valence-electron chi connectivity index (χ1n) is 9.06. The van der Waals surface area contributed by atoms with Crippen LogP contribution in [0.1, 0.15) is 79.1 Å². The number of fused-ring (bicyclic) bond motifs is 2. The van der Waals surface area contributed by atoms with Crippen molar-refractivity contribution in [3.8, 4) is 0 Å². The van der Waals surface area contributed by atoms with Crippen LogP contribution in [0.4, 0.5) is 0 Å². The van der Waals surface area contributed by atoms with Crippen molar-refractivity contribution in [1.82, 2.24) is 0 Å². The molecule has 112 valence electrons. The monoisotopic (exact) mass is 272 g/mol. The van der Waals surface area contributed by atoms with E-state index in [1.54, 1.807) is 5.57 Å². The van der Waals surface area contributed by atoms with Crippen LogP contribution in [0.2, 0.25) is 0 Å². The molecule has 0 aromatic rings. The van der Waals surface area contributed by atoms with Crippen LogP contribution >= 0.6 is 0 Å². The van der Waals surface area contributed by atoms with Gasteiger partial charge in [-0.3, -0.25) is 0 Å². The molecule has 0 heterocycles. The molecule has 0 nitrogen and oxygen atoms in total. The van der Waals surface area contributed by atoms with Crippen molar-refractivity contribution in [1.29, 1.82) is 0 Å². The first kappa shape index (κ1) is 13.4. The van der Waals surface area contributed by atoms with Crippen LogP contribution in [0.3, 0.4) is 0 Å². The van der Waals surface area contributed by atoms with Gasteiger partial charge in [0, 0.05) is 0 Å². The lowest BCUT2D eigenvalue weighted by atomic mass is 9.40. The molecule has 0 amide bonds. The average Bonchev–Trinajstić information content (AvgIpc) is 2.70. The Kier molecular flexibility index (Phi) is 2.63. The highest BCUT2D eigenvalue weighted by molar-refractivity contribution is 5.24. The van der Waals surface area contributed by atoms with Gasteiger partial charge in [-0.05, 0) is 85.9 Å². The molecule has 3 fully saturated rings. The van der Waals surface area contributed by atoms with Gasteiger partial charge in [0.2, 0.25) is 0 Å². The first-order valence-corrected chi connectivity index (χ1v) is 9.06. The Balaban J connectivity index is 1.80. The summed E-state index contributed by atoms with van der Waals surface area (Å²) in [6, 6.07) is 0. The molecule has 4 rings (SSSR count). The zero-order chi connectivity index (χ0) is 14.2. The highest BCUT2D eigenvalue weighted by Crippen LogP contribution is 2.73. The Morgan fingerprint density at radius 1 is 1.10 bits per heavy atom. The predicted octanol–water partition coefficient (Wildman–Crippen LogP) is 5.98. The average molecular weight is 272 g/mol. The minimum Gasteiger partial charge on any atom is -0.0847 e. The minimum atomic E-state index is 0.584. The molecule has 0 aromatic heterocycles. The van der Waals surface area contributed by atoms with Crippen LogP contribution < -0.4 is 0 Å². The quantitative estimate of drug-likeness (QED) is 0.476. The van der Waals surface area contributed by atoms with Crippen molar-refractivity contribution in [3.05, 3.63) is 11.6 Å². The lowest BCUT2D eigenvalue weighted by molar-refractivity contribution is -0.149. The fourth-order valence-electron chi connectivity index (χ4n) is 7.49. The van der Waals surface area contributed by atoms with Gasteiger partial charge in [0.15, 0.2) is 0 Å². The smallest absolute Gasteiger partial charge is 0.0172 e. The van der Waals surface area contributed by atoms with Crippen LogP contribution in [-0.2, 0) is 0 Å². The van der Waals surface area contributed by atoms with E-state index in [2.05, 4.69) is 33.8 Å². The standard InChI is InChI=1S/C20H32/c1-14-8-11-20-13-15(14)12-16(20)6-7-17-18(2,3)9-5-10-19(17,20)4/h8,15-17H,5-7,9-13H2,1-4H3/t15-,16?,17+,19+,20+/m1/s1. The fourth-order valence-corrected chi connectivity index (χ4v) is 7.49. The van der Waals surface area contributed by atoms with E-state index in [1.165, 1.54) is 51.4 Å². The lowest BCUT2D eigenvalue weighted by Gasteiger charge is -2.64. The van der Waals surface area contributed by atoms with Crippen molar-refractivity contribution < 1.29 is 0 Å². The van der Waals surface area contributed by atoms with Gasteiger partial charge in [-0.2, -0.15) is 0 Å². The number of hydrogen-bond acceptors (Lipinski definition) is 0. The van der Waals surface area contributed by atoms with E-state index in [4.69, 9.17) is 0 Å². The molecule has 0 heteroatoms. The second kappa shape index (κ2) is 3.93. The summed E-state index contributed by atoms with van der Waals surface area (Å²) < 4.78 is 0. The van der Waals surface area contributed by atoms with E-state index >= 15 is 0 Å². The van der Waals surface area contributed by atoms with Crippen molar-refractivity contribution in [2.24, 2.45) is 34.0 Å². The highest BCUT2D eigenvalue weighted by Gasteiger charge is 2.65. The SMILES string of the molecule is CC1=CC[C@]23C[C@H]1CC2CC[C@H]1C(C)(C)CCC[C@@]13C. The normalized spacial score (nSPS) is 53.0. The second-order valence-corrected chi connectivity index (χ2v) is 9.53. The molecular formula is C20H32. The molecule has 3 saturated carbocycles. The maximum atomic E-state index is 2.71. The van der Waals surface area contributed by atoms with E-state index < -0.39 is 0 Å². The Morgan fingerprint density at radius 3 is 2.70 bits per heavy atom. The topological polar surface area (TPSA) is 0 Å². The summed E-state index contributed by atoms with van der Waals surface area (Å²) in [6.45, 7) is 10.3. The molecule has 4 aliphatic rings. The van der Waals surface area contributed by atoms with Crippen LogP contribution in [0.15, 0.2) is 11.6 Å². The van der Waals surface area contributed by atoms with Crippen LogP contribution in [0, 0.1) is 34.0 Å². The van der Waals surface area contributed by atoms with Gasteiger partial charge in [-0.15, -0.1) is 0 Å². The van der Waals surface area contributed by atoms with E-state index in [9.17, 15) is 0 Å². The summed E-state index contributed by atoms with van der Waals surface area (Å²) in [4.78, 5) is 0. The first-order chi connectivity index (χ1) is 9.39. The van der Waals surface area contributed by atoms with Crippen LogP contribution in [0.25, 0.3) is 0 Å². The third-order valence-electron chi connectivity index (χ3n) is 8.56. The summed E-state index contributed by atoms with van der Waals surface area (Å²) >= 11 is 0. The molecule has 1 spiro atoms. The van der Waals surface area contributed by atoms with Crippen LogP contribution in [0.5, 0.6) is 0 Å². The zero-order valence-electron chi connectivity index (χ0n) is 14.0. The Morgan fingerprint density at radius 2 is 1.90 bits per heavy atom. The van der Waals surface area contributed by atoms with E-state index in [0.29, 0.717) is 16.2 Å². The summed E-state index contributed by atoms with van der Waals surface area (Å²) in [7, 11) is 0. The molecule has 0 N–H and O–H groups in total. The number of rotatable bonds is 0. The predicted molar refractivity (Wildman–Crippen MR) is 85.5 cm³/mol. The Bertz CT molecular complexity index is 457. The maximum Gasteiger partial charge on any atom is -0.0172 e. The number of hydrogen-bond donors (Lipinski definition) is 0. The van der Waals surface area contributed by atoms with Gasteiger partial charge in [0.25, 0.3) is 0 Å². The third kappa shape index (κ3) is 1.44. The van der Waals surface area contributed by atoms with E-state index in [0.717, 1.165) is 17.8 Å². The van der Waals surface area contributed by atoms with Crippen molar-refractivity contribution in [2.45, 2.75) is 79.1 Å². The van der Waals surface area contributed by atoms with E-state index in [1.807, 2.05) is 0 Å². The van der Waals surface area contributed by atoms with Crippen LogP contribution in [-0.4, -0.2) is 0 Å². The summed E-state index contributed by atoms with van der Waals surface area (Å²) in [5.74, 6) is 2.95. The Hall–Kier alpha value is -0.260. The fraction of sp³-hybridized carbons (Fsp3) is 0.900. The molecular weight excluding hydrogens is 240 g/mol. The van der Waals surface area contributed by atoms with Gasteiger partial charge < -0.3 is 0 Å². The summed E-state index contributed by atoms with van der Waals surface area (Å²) in [5.41, 5.74) is 3.61. The third-order valence-corrected chi connectivity index (χ3v) is 8.56. The highest BCUT2D eigenvalue weighted by atomic mass is 14.7. The molecule has 1 unspecified atom stereocenters. The Labute approximate surface area is 125 Å². The molecule has 0 radical (unpaired) electrons. The minimum absolute atomic E-state index is 0.584. The molecule has 20 heavy (non-hydrogen) atoms. The molecule has 4 aliphatic carbocycles.